The highest BCUT2D eigenvalue weighted by molar-refractivity contribution is 6.35. The highest BCUT2D eigenvalue weighted by Gasteiger charge is 2.41. The summed E-state index contributed by atoms with van der Waals surface area (Å²) < 4.78 is 11.6. The highest BCUT2D eigenvalue weighted by Crippen LogP contribution is 2.42. The van der Waals surface area contributed by atoms with E-state index in [0.717, 1.165) is 30.5 Å². The van der Waals surface area contributed by atoms with Gasteiger partial charge in [-0.25, -0.2) is 0 Å². The van der Waals surface area contributed by atoms with Crippen molar-refractivity contribution in [3.63, 3.8) is 0 Å². The predicted molar refractivity (Wildman–Crippen MR) is 151 cm³/mol. The number of hydrogen-bond acceptors (Lipinski definition) is 4. The first-order valence-electron chi connectivity index (χ1n) is 12.6. The van der Waals surface area contributed by atoms with Crippen LogP contribution in [0.5, 0.6) is 11.5 Å². The molecule has 0 saturated heterocycles. The topological polar surface area (TPSA) is 109 Å². The van der Waals surface area contributed by atoms with Gasteiger partial charge < -0.3 is 24.7 Å². The van der Waals surface area contributed by atoms with E-state index >= 15 is 0 Å². The number of aromatic amines is 1. The molecule has 0 amide bonds. The summed E-state index contributed by atoms with van der Waals surface area (Å²) in [5.74, 6) is -0.832. The Hall–Kier alpha value is -3.52. The van der Waals surface area contributed by atoms with Gasteiger partial charge >= 0.3 is 11.9 Å². The SMILES string of the molecule is CCCC1(CC(=O)O)OCCc2c1[nH]c1ccccc21.O=C(O)Cc1ccccc1Oc1ccc(Cl)cc1Cl. The van der Waals surface area contributed by atoms with Crippen LogP contribution in [-0.4, -0.2) is 33.7 Å². The number of carbonyl (C=O) groups is 2. The largest absolute Gasteiger partial charge is 0.481 e. The summed E-state index contributed by atoms with van der Waals surface area (Å²) in [5, 5.41) is 20.2. The molecule has 4 aromatic rings. The second-order valence-corrected chi connectivity index (χ2v) is 10.1. The maximum Gasteiger partial charge on any atom is 0.307 e. The summed E-state index contributed by atoms with van der Waals surface area (Å²) in [6.07, 6.45) is 2.35. The molecule has 3 N–H and O–H groups in total. The van der Waals surface area contributed by atoms with Gasteiger partial charge in [-0.15, -0.1) is 0 Å². The Morgan fingerprint density at radius 1 is 1.00 bits per heavy atom. The number of ether oxygens (including phenoxy) is 2. The van der Waals surface area contributed by atoms with E-state index in [4.69, 9.17) is 37.8 Å². The van der Waals surface area contributed by atoms with Crippen LogP contribution in [-0.2, 0) is 32.8 Å². The van der Waals surface area contributed by atoms with E-state index in [9.17, 15) is 14.7 Å². The zero-order valence-electron chi connectivity index (χ0n) is 21.4. The number of aliphatic carboxylic acids is 2. The van der Waals surface area contributed by atoms with Crippen LogP contribution in [0, 0.1) is 0 Å². The number of carboxylic acid groups (broad SMARTS) is 2. The fourth-order valence-electron chi connectivity index (χ4n) is 4.93. The molecule has 0 saturated carbocycles. The number of rotatable bonds is 8. The average molecular weight is 570 g/mol. The zero-order chi connectivity index (χ0) is 28.0. The second-order valence-electron chi connectivity index (χ2n) is 9.29. The van der Waals surface area contributed by atoms with Crippen molar-refractivity contribution >= 4 is 46.0 Å². The zero-order valence-corrected chi connectivity index (χ0v) is 22.9. The number of aromatic nitrogens is 1. The van der Waals surface area contributed by atoms with Gasteiger partial charge in [0.2, 0.25) is 0 Å². The Balaban J connectivity index is 0.000000181. The molecule has 204 valence electrons. The molecule has 9 heteroatoms. The Morgan fingerprint density at radius 3 is 2.46 bits per heavy atom. The summed E-state index contributed by atoms with van der Waals surface area (Å²) in [5.41, 5.74) is 3.14. The lowest BCUT2D eigenvalue weighted by Crippen LogP contribution is -2.37. The molecule has 0 aliphatic carbocycles. The minimum atomic E-state index is -0.918. The molecule has 0 fully saturated rings. The molecular weight excluding hydrogens is 541 g/mol. The summed E-state index contributed by atoms with van der Waals surface area (Å²) in [7, 11) is 0. The molecule has 1 atom stereocenters. The van der Waals surface area contributed by atoms with Crippen LogP contribution >= 0.6 is 23.2 Å². The number of para-hydroxylation sites is 2. The van der Waals surface area contributed by atoms with E-state index < -0.39 is 17.5 Å². The molecule has 1 aliphatic heterocycles. The third-order valence-corrected chi connectivity index (χ3v) is 7.05. The normalized spacial score (nSPS) is 16.2. The van der Waals surface area contributed by atoms with Crippen molar-refractivity contribution in [1.29, 1.82) is 0 Å². The van der Waals surface area contributed by atoms with Crippen LogP contribution in [0.15, 0.2) is 66.7 Å². The minimum absolute atomic E-state index is 0.0145. The van der Waals surface area contributed by atoms with Crippen LogP contribution in [0.2, 0.25) is 10.0 Å². The van der Waals surface area contributed by atoms with Crippen LogP contribution in [0.3, 0.4) is 0 Å². The third kappa shape index (κ3) is 6.74. The van der Waals surface area contributed by atoms with E-state index in [-0.39, 0.29) is 12.8 Å². The number of H-pyrrole nitrogens is 1. The standard InChI is InChI=1S/C16H19NO3.C14H10Cl2O3/c1-2-8-16(10-14(18)19)15-12(7-9-20-16)11-5-3-4-6-13(11)17-15;15-10-5-6-13(11(16)8-10)19-12-4-2-1-3-9(12)7-14(17)18/h3-6,17H,2,7-10H2,1H3,(H,18,19);1-6,8H,7H2,(H,17,18). The molecule has 39 heavy (non-hydrogen) atoms. The van der Waals surface area contributed by atoms with Crippen molar-refractivity contribution in [2.24, 2.45) is 0 Å². The van der Waals surface area contributed by atoms with Crippen molar-refractivity contribution in [3.05, 3.63) is 93.6 Å². The van der Waals surface area contributed by atoms with Crippen molar-refractivity contribution in [1.82, 2.24) is 4.98 Å². The van der Waals surface area contributed by atoms with Gasteiger partial charge in [-0.2, -0.15) is 0 Å². The molecule has 0 spiro atoms. The lowest BCUT2D eigenvalue weighted by atomic mass is 9.85. The first-order valence-corrected chi connectivity index (χ1v) is 13.4. The summed E-state index contributed by atoms with van der Waals surface area (Å²) >= 11 is 11.8. The van der Waals surface area contributed by atoms with E-state index in [1.54, 1.807) is 42.5 Å². The monoisotopic (exact) mass is 569 g/mol. The van der Waals surface area contributed by atoms with E-state index in [0.29, 0.717) is 33.7 Å². The molecule has 0 radical (unpaired) electrons. The number of hydrogen-bond donors (Lipinski definition) is 3. The Kier molecular flexibility index (Phi) is 9.17. The predicted octanol–water partition coefficient (Wildman–Crippen LogP) is 7.62. The van der Waals surface area contributed by atoms with Gasteiger partial charge in [0.05, 0.1) is 30.2 Å². The lowest BCUT2D eigenvalue weighted by molar-refractivity contribution is -0.149. The van der Waals surface area contributed by atoms with Crippen LogP contribution < -0.4 is 4.74 Å². The smallest absolute Gasteiger partial charge is 0.307 e. The van der Waals surface area contributed by atoms with Crippen molar-refractivity contribution in [2.75, 3.05) is 6.61 Å². The Bertz CT molecular complexity index is 1480. The van der Waals surface area contributed by atoms with Gasteiger partial charge in [0, 0.05) is 21.5 Å². The average Bonchev–Trinajstić information content (AvgIpc) is 3.27. The van der Waals surface area contributed by atoms with Gasteiger partial charge in [-0.05, 0) is 48.7 Å². The minimum Gasteiger partial charge on any atom is -0.481 e. The highest BCUT2D eigenvalue weighted by atomic mass is 35.5. The molecule has 5 rings (SSSR count). The maximum absolute atomic E-state index is 11.3. The lowest BCUT2D eigenvalue weighted by Gasteiger charge is -2.36. The van der Waals surface area contributed by atoms with Gasteiger partial charge in [0.1, 0.15) is 17.1 Å². The maximum atomic E-state index is 11.3. The molecule has 2 heterocycles. The molecule has 1 aliphatic rings. The van der Waals surface area contributed by atoms with Gasteiger partial charge in [-0.1, -0.05) is 72.9 Å². The molecular formula is C30H29Cl2NO6. The van der Waals surface area contributed by atoms with E-state index in [1.807, 2.05) is 18.2 Å². The Labute approximate surface area is 236 Å². The summed E-state index contributed by atoms with van der Waals surface area (Å²) in [6.45, 7) is 2.64. The first-order chi connectivity index (χ1) is 18.7. The number of carboxylic acids is 2. The van der Waals surface area contributed by atoms with Gasteiger partial charge in [0.15, 0.2) is 0 Å². The number of halogens is 2. The third-order valence-electron chi connectivity index (χ3n) is 6.52. The van der Waals surface area contributed by atoms with E-state index in [2.05, 4.69) is 18.0 Å². The van der Waals surface area contributed by atoms with Crippen LogP contribution in [0.1, 0.15) is 43.0 Å². The first kappa shape index (κ1) is 28.5. The molecule has 7 nitrogen and oxygen atoms in total. The van der Waals surface area contributed by atoms with Crippen molar-refractivity contribution in [3.8, 4) is 11.5 Å². The second kappa shape index (κ2) is 12.6. The number of benzene rings is 3. The van der Waals surface area contributed by atoms with Crippen molar-refractivity contribution in [2.45, 2.75) is 44.6 Å². The van der Waals surface area contributed by atoms with E-state index in [1.165, 1.54) is 10.9 Å². The van der Waals surface area contributed by atoms with Crippen LogP contribution in [0.4, 0.5) is 0 Å². The Morgan fingerprint density at radius 2 is 1.74 bits per heavy atom. The molecule has 1 unspecified atom stereocenters. The fraction of sp³-hybridized carbons (Fsp3) is 0.267. The number of fused-ring (bicyclic) bond motifs is 3. The molecule has 3 aromatic carbocycles. The summed E-state index contributed by atoms with van der Waals surface area (Å²) in [4.78, 5) is 25.5. The quantitative estimate of drug-likeness (QED) is 0.201. The van der Waals surface area contributed by atoms with Crippen molar-refractivity contribution < 1.29 is 29.3 Å². The van der Waals surface area contributed by atoms with Gasteiger partial charge in [-0.3, -0.25) is 9.59 Å². The number of nitrogens with one attached hydrogen (secondary N) is 1. The fourth-order valence-corrected chi connectivity index (χ4v) is 5.38. The molecule has 1 aromatic heterocycles. The van der Waals surface area contributed by atoms with Crippen LogP contribution in [0.25, 0.3) is 10.9 Å². The van der Waals surface area contributed by atoms with Gasteiger partial charge in [0.25, 0.3) is 0 Å². The summed E-state index contributed by atoms with van der Waals surface area (Å²) in [6, 6.07) is 19.9. The molecule has 0 bridgehead atoms.